The summed E-state index contributed by atoms with van der Waals surface area (Å²) in [6, 6.07) is 9.44. The lowest BCUT2D eigenvalue weighted by Gasteiger charge is -2.13. The zero-order valence-electron chi connectivity index (χ0n) is 10.9. The van der Waals surface area contributed by atoms with Crippen LogP contribution in [0.1, 0.15) is 17.2 Å². The number of halogens is 2. The minimum absolute atomic E-state index is 0.0612. The van der Waals surface area contributed by atoms with Crippen molar-refractivity contribution in [2.75, 3.05) is 0 Å². The predicted molar refractivity (Wildman–Crippen MR) is 79.0 cm³/mol. The number of H-pyrrole nitrogens is 2. The van der Waals surface area contributed by atoms with Gasteiger partial charge in [0.2, 0.25) is 0 Å². The Morgan fingerprint density at radius 1 is 1.19 bits per heavy atom. The molecule has 0 saturated heterocycles. The van der Waals surface area contributed by atoms with Gasteiger partial charge in [-0.1, -0.05) is 23.7 Å². The number of benzene rings is 2. The van der Waals surface area contributed by atoms with E-state index in [1.54, 1.807) is 24.3 Å². The Morgan fingerprint density at radius 2 is 1.95 bits per heavy atom. The van der Waals surface area contributed by atoms with E-state index in [-0.39, 0.29) is 22.7 Å². The van der Waals surface area contributed by atoms with E-state index in [1.807, 2.05) is 0 Å². The highest BCUT2D eigenvalue weighted by molar-refractivity contribution is 6.31. The molecule has 1 atom stereocenters. The number of nitrogens with one attached hydrogen (secondary N) is 2. The summed E-state index contributed by atoms with van der Waals surface area (Å²) >= 11 is 5.96. The molecule has 1 aromatic heterocycles. The SMILES string of the molecule is O=c1[nH]c2ccc(C(O)Cc3c(F)cccc3Cl)cc2[nH]1. The summed E-state index contributed by atoms with van der Waals surface area (Å²) in [5.41, 5.74) is 1.79. The summed E-state index contributed by atoms with van der Waals surface area (Å²) in [5.74, 6) is -0.447. The number of aliphatic hydroxyl groups is 1. The Labute approximate surface area is 124 Å². The third kappa shape index (κ3) is 2.70. The van der Waals surface area contributed by atoms with Gasteiger partial charge in [-0.2, -0.15) is 0 Å². The highest BCUT2D eigenvalue weighted by Gasteiger charge is 2.15. The predicted octanol–water partition coefficient (Wildman–Crippen LogP) is 2.92. The van der Waals surface area contributed by atoms with E-state index in [0.717, 1.165) is 0 Å². The van der Waals surface area contributed by atoms with Gasteiger partial charge in [-0.15, -0.1) is 0 Å². The van der Waals surface area contributed by atoms with Crippen molar-refractivity contribution >= 4 is 22.6 Å². The molecule has 2 aromatic carbocycles. The van der Waals surface area contributed by atoms with E-state index >= 15 is 0 Å². The average Bonchev–Trinajstić information content (AvgIpc) is 2.81. The van der Waals surface area contributed by atoms with Gasteiger partial charge in [-0.25, -0.2) is 9.18 Å². The summed E-state index contributed by atoms with van der Waals surface area (Å²) in [6.45, 7) is 0. The van der Waals surface area contributed by atoms with Gasteiger partial charge < -0.3 is 15.1 Å². The van der Waals surface area contributed by atoms with Crippen molar-refractivity contribution in [3.05, 3.63) is 68.8 Å². The summed E-state index contributed by atoms with van der Waals surface area (Å²) < 4.78 is 13.7. The van der Waals surface area contributed by atoms with Gasteiger partial charge in [-0.05, 0) is 29.8 Å². The third-order valence-corrected chi connectivity index (χ3v) is 3.74. The molecule has 4 nitrogen and oxygen atoms in total. The number of hydrogen-bond acceptors (Lipinski definition) is 2. The number of hydrogen-bond donors (Lipinski definition) is 3. The fourth-order valence-electron chi connectivity index (χ4n) is 2.30. The Kier molecular flexibility index (Phi) is 3.53. The maximum atomic E-state index is 13.7. The smallest absolute Gasteiger partial charge is 0.323 e. The van der Waals surface area contributed by atoms with Gasteiger partial charge in [0, 0.05) is 17.0 Å². The molecule has 0 fully saturated rings. The normalized spacial score (nSPS) is 12.7. The van der Waals surface area contributed by atoms with Crippen LogP contribution >= 0.6 is 11.6 Å². The Hall–Kier alpha value is -2.11. The molecule has 0 radical (unpaired) electrons. The number of aliphatic hydroxyl groups excluding tert-OH is 1. The standard InChI is InChI=1S/C15H12ClFN2O2/c16-10-2-1-3-11(17)9(10)7-14(20)8-4-5-12-13(6-8)19-15(21)18-12/h1-6,14,20H,7H2,(H2,18,19,21). The molecular weight excluding hydrogens is 295 g/mol. The summed E-state index contributed by atoms with van der Waals surface area (Å²) in [5, 5.41) is 10.5. The number of aromatic nitrogens is 2. The first-order valence-corrected chi connectivity index (χ1v) is 6.75. The number of aromatic amines is 2. The molecule has 0 saturated carbocycles. The lowest BCUT2D eigenvalue weighted by molar-refractivity contribution is 0.177. The number of fused-ring (bicyclic) bond motifs is 1. The van der Waals surface area contributed by atoms with Gasteiger partial charge in [0.15, 0.2) is 0 Å². The zero-order chi connectivity index (χ0) is 15.0. The van der Waals surface area contributed by atoms with E-state index in [2.05, 4.69) is 9.97 Å². The van der Waals surface area contributed by atoms with E-state index in [1.165, 1.54) is 12.1 Å². The fraction of sp³-hybridized carbons (Fsp3) is 0.133. The van der Waals surface area contributed by atoms with Crippen molar-refractivity contribution < 1.29 is 9.50 Å². The van der Waals surface area contributed by atoms with Crippen molar-refractivity contribution in [3.63, 3.8) is 0 Å². The Balaban J connectivity index is 1.93. The quantitative estimate of drug-likeness (QED) is 0.696. The minimum Gasteiger partial charge on any atom is -0.388 e. The molecule has 0 bridgehead atoms. The first kappa shape index (κ1) is 13.9. The third-order valence-electron chi connectivity index (χ3n) is 3.38. The summed E-state index contributed by atoms with van der Waals surface area (Å²) in [7, 11) is 0. The molecule has 3 aromatic rings. The van der Waals surface area contributed by atoms with E-state index < -0.39 is 11.9 Å². The molecule has 0 amide bonds. The average molecular weight is 307 g/mol. The lowest BCUT2D eigenvalue weighted by atomic mass is 10.0. The first-order valence-electron chi connectivity index (χ1n) is 6.37. The van der Waals surface area contributed by atoms with Crippen LogP contribution in [0.2, 0.25) is 5.02 Å². The van der Waals surface area contributed by atoms with Gasteiger partial charge in [0.1, 0.15) is 5.82 Å². The molecule has 1 unspecified atom stereocenters. The second-order valence-corrected chi connectivity index (χ2v) is 5.21. The van der Waals surface area contributed by atoms with Crippen LogP contribution < -0.4 is 5.69 Å². The van der Waals surface area contributed by atoms with Crippen molar-refractivity contribution in [1.82, 2.24) is 9.97 Å². The highest BCUT2D eigenvalue weighted by Crippen LogP contribution is 2.26. The van der Waals surface area contributed by atoms with Crippen molar-refractivity contribution in [3.8, 4) is 0 Å². The molecule has 108 valence electrons. The van der Waals surface area contributed by atoms with Crippen LogP contribution in [0, 0.1) is 5.82 Å². The van der Waals surface area contributed by atoms with Gasteiger partial charge in [0.05, 0.1) is 17.1 Å². The second kappa shape index (κ2) is 5.35. The van der Waals surface area contributed by atoms with Crippen LogP contribution in [0.15, 0.2) is 41.2 Å². The molecule has 3 N–H and O–H groups in total. The Morgan fingerprint density at radius 3 is 2.71 bits per heavy atom. The molecule has 0 aliphatic carbocycles. The van der Waals surface area contributed by atoms with Crippen molar-refractivity contribution in [1.29, 1.82) is 0 Å². The van der Waals surface area contributed by atoms with Crippen molar-refractivity contribution in [2.45, 2.75) is 12.5 Å². The molecular formula is C15H12ClFN2O2. The van der Waals surface area contributed by atoms with Gasteiger partial charge in [0.25, 0.3) is 0 Å². The number of rotatable bonds is 3. The van der Waals surface area contributed by atoms with E-state index in [4.69, 9.17) is 11.6 Å². The molecule has 6 heteroatoms. The van der Waals surface area contributed by atoms with Crippen LogP contribution in [-0.4, -0.2) is 15.1 Å². The van der Waals surface area contributed by atoms with Crippen molar-refractivity contribution in [2.24, 2.45) is 0 Å². The van der Waals surface area contributed by atoms with Crippen LogP contribution in [-0.2, 0) is 6.42 Å². The van der Waals surface area contributed by atoms with Crippen LogP contribution in [0.3, 0.4) is 0 Å². The van der Waals surface area contributed by atoms with E-state index in [0.29, 0.717) is 16.6 Å². The lowest BCUT2D eigenvalue weighted by Crippen LogP contribution is -2.04. The first-order chi connectivity index (χ1) is 10.0. The molecule has 3 rings (SSSR count). The molecule has 1 heterocycles. The van der Waals surface area contributed by atoms with Gasteiger partial charge in [-0.3, -0.25) is 0 Å². The fourth-order valence-corrected chi connectivity index (χ4v) is 2.54. The molecule has 0 aliphatic heterocycles. The second-order valence-electron chi connectivity index (χ2n) is 4.80. The monoisotopic (exact) mass is 306 g/mol. The molecule has 21 heavy (non-hydrogen) atoms. The zero-order valence-corrected chi connectivity index (χ0v) is 11.6. The molecule has 0 aliphatic rings. The van der Waals surface area contributed by atoms with Gasteiger partial charge >= 0.3 is 5.69 Å². The maximum absolute atomic E-state index is 13.7. The van der Waals surface area contributed by atoms with Crippen LogP contribution in [0.25, 0.3) is 11.0 Å². The van der Waals surface area contributed by atoms with E-state index in [9.17, 15) is 14.3 Å². The topological polar surface area (TPSA) is 68.9 Å². The summed E-state index contributed by atoms with van der Waals surface area (Å²) in [4.78, 5) is 16.4. The molecule has 0 spiro atoms. The number of imidazole rings is 1. The highest BCUT2D eigenvalue weighted by atomic mass is 35.5. The largest absolute Gasteiger partial charge is 0.388 e. The minimum atomic E-state index is -0.915. The van der Waals surface area contributed by atoms with Crippen LogP contribution in [0.5, 0.6) is 0 Å². The summed E-state index contributed by atoms with van der Waals surface area (Å²) in [6.07, 6.45) is -0.853. The maximum Gasteiger partial charge on any atom is 0.323 e. The van der Waals surface area contributed by atoms with Crippen LogP contribution in [0.4, 0.5) is 4.39 Å². The Bertz CT molecular complexity index is 836.